The normalized spacial score (nSPS) is 11.6. The molecule has 3 aromatic rings. The molecule has 118 valence electrons. The maximum absolute atomic E-state index is 12.9. The van der Waals surface area contributed by atoms with Gasteiger partial charge in [0.1, 0.15) is 0 Å². The predicted octanol–water partition coefficient (Wildman–Crippen LogP) is 3.32. The summed E-state index contributed by atoms with van der Waals surface area (Å²) in [5.74, 6) is -0.591. The van der Waals surface area contributed by atoms with Crippen LogP contribution in [0.25, 0.3) is 10.9 Å². The van der Waals surface area contributed by atoms with E-state index in [-0.39, 0.29) is 10.5 Å². The number of fused-ring (bicyclic) bond motifs is 1. The number of methoxy groups -OCH3 is 1. The van der Waals surface area contributed by atoms with Crippen LogP contribution in [0.3, 0.4) is 0 Å². The fourth-order valence-electron chi connectivity index (χ4n) is 2.34. The Balaban J connectivity index is 2.27. The summed E-state index contributed by atoms with van der Waals surface area (Å²) in [7, 11) is -2.60. The van der Waals surface area contributed by atoms with Gasteiger partial charge in [0, 0.05) is 16.6 Å². The number of hydrogen-bond donors (Lipinski definition) is 0. The van der Waals surface area contributed by atoms with Crippen molar-refractivity contribution in [1.82, 2.24) is 3.97 Å². The number of benzene rings is 2. The lowest BCUT2D eigenvalue weighted by atomic mass is 10.2. The van der Waals surface area contributed by atoms with Gasteiger partial charge in [-0.05, 0) is 30.3 Å². The quantitative estimate of drug-likeness (QED) is 0.680. The molecule has 2 aromatic carbocycles. The highest BCUT2D eigenvalue weighted by Gasteiger charge is 2.23. The first-order chi connectivity index (χ1) is 10.9. The second-order valence-corrected chi connectivity index (χ2v) is 7.06. The highest BCUT2D eigenvalue weighted by atomic mass is 35.5. The Morgan fingerprint density at radius 2 is 1.74 bits per heavy atom. The Kier molecular flexibility index (Phi) is 3.87. The number of esters is 1. The van der Waals surface area contributed by atoms with E-state index >= 15 is 0 Å². The third kappa shape index (κ3) is 2.60. The fraction of sp³-hybridized carbons (Fsp3) is 0.0625. The molecule has 0 saturated carbocycles. The topological polar surface area (TPSA) is 65.4 Å². The molecule has 0 N–H and O–H groups in total. The second kappa shape index (κ2) is 5.72. The number of rotatable bonds is 3. The summed E-state index contributed by atoms with van der Waals surface area (Å²) in [5, 5.41) is 0.952. The molecule has 0 radical (unpaired) electrons. The molecular weight excluding hydrogens is 338 g/mol. The SMILES string of the molecule is COC(=O)c1cn(S(=O)(=O)c2ccc(Cl)cc2)c2ccccc12. The Hall–Kier alpha value is -2.31. The van der Waals surface area contributed by atoms with Crippen LogP contribution in [-0.4, -0.2) is 25.5 Å². The Morgan fingerprint density at radius 1 is 1.09 bits per heavy atom. The van der Waals surface area contributed by atoms with Crippen molar-refractivity contribution in [1.29, 1.82) is 0 Å². The fourth-order valence-corrected chi connectivity index (χ4v) is 3.84. The smallest absolute Gasteiger partial charge is 0.340 e. The standard InChI is InChI=1S/C16H12ClNO4S/c1-22-16(19)14-10-18(15-5-3-2-4-13(14)15)23(20,21)12-8-6-11(17)7-9-12/h2-10H,1H3. The molecule has 7 heteroatoms. The van der Waals surface area contributed by atoms with Crippen LogP contribution in [0, 0.1) is 0 Å². The van der Waals surface area contributed by atoms with Gasteiger partial charge in [0.2, 0.25) is 0 Å². The molecule has 0 saturated heterocycles. The van der Waals surface area contributed by atoms with Crippen molar-refractivity contribution in [2.75, 3.05) is 7.11 Å². The van der Waals surface area contributed by atoms with E-state index < -0.39 is 16.0 Å². The number of carbonyl (C=O) groups excluding carboxylic acids is 1. The number of hydrogen-bond acceptors (Lipinski definition) is 4. The molecule has 0 fully saturated rings. The van der Waals surface area contributed by atoms with E-state index in [0.717, 1.165) is 3.97 Å². The molecule has 0 atom stereocenters. The van der Waals surface area contributed by atoms with Gasteiger partial charge in [-0.3, -0.25) is 0 Å². The van der Waals surface area contributed by atoms with E-state index in [1.807, 2.05) is 0 Å². The van der Waals surface area contributed by atoms with Crippen molar-refractivity contribution in [2.45, 2.75) is 4.90 Å². The van der Waals surface area contributed by atoms with E-state index in [1.54, 1.807) is 24.3 Å². The molecule has 0 unspecified atom stereocenters. The summed E-state index contributed by atoms with van der Waals surface area (Å²) in [6.07, 6.45) is 1.28. The Bertz CT molecular complexity index is 991. The number of aromatic nitrogens is 1. The van der Waals surface area contributed by atoms with Gasteiger partial charge in [0.25, 0.3) is 10.0 Å². The highest BCUT2D eigenvalue weighted by Crippen LogP contribution is 2.27. The Morgan fingerprint density at radius 3 is 2.39 bits per heavy atom. The van der Waals surface area contributed by atoms with Crippen molar-refractivity contribution < 1.29 is 17.9 Å². The van der Waals surface area contributed by atoms with Crippen LogP contribution < -0.4 is 0 Å². The van der Waals surface area contributed by atoms with Gasteiger partial charge in [0.15, 0.2) is 0 Å². The largest absolute Gasteiger partial charge is 0.465 e. The maximum Gasteiger partial charge on any atom is 0.340 e. The summed E-state index contributed by atoms with van der Waals surface area (Å²) in [6.45, 7) is 0. The van der Waals surface area contributed by atoms with E-state index in [2.05, 4.69) is 0 Å². The first kappa shape index (κ1) is 15.6. The summed E-state index contributed by atoms with van der Waals surface area (Å²) in [5.41, 5.74) is 0.600. The van der Waals surface area contributed by atoms with Gasteiger partial charge >= 0.3 is 5.97 Å². The highest BCUT2D eigenvalue weighted by molar-refractivity contribution is 7.90. The molecule has 0 amide bonds. The zero-order valence-electron chi connectivity index (χ0n) is 12.1. The third-order valence-electron chi connectivity index (χ3n) is 3.45. The summed E-state index contributed by atoms with van der Waals surface area (Å²) >= 11 is 5.80. The first-order valence-corrected chi connectivity index (χ1v) is 8.46. The lowest BCUT2D eigenvalue weighted by molar-refractivity contribution is 0.0603. The van der Waals surface area contributed by atoms with E-state index in [9.17, 15) is 13.2 Å². The molecule has 23 heavy (non-hydrogen) atoms. The van der Waals surface area contributed by atoms with Crippen molar-refractivity contribution in [3.05, 3.63) is 65.3 Å². The van der Waals surface area contributed by atoms with E-state index in [4.69, 9.17) is 16.3 Å². The molecule has 3 rings (SSSR count). The second-order valence-electron chi connectivity index (χ2n) is 4.81. The number of carbonyl (C=O) groups is 1. The van der Waals surface area contributed by atoms with Crippen LogP contribution in [0.4, 0.5) is 0 Å². The van der Waals surface area contributed by atoms with Crippen LogP contribution in [0.5, 0.6) is 0 Å². The molecule has 0 aliphatic heterocycles. The minimum atomic E-state index is -3.85. The molecule has 5 nitrogen and oxygen atoms in total. The van der Waals surface area contributed by atoms with Gasteiger partial charge < -0.3 is 4.74 Å². The van der Waals surface area contributed by atoms with Gasteiger partial charge in [-0.25, -0.2) is 17.2 Å². The molecule has 0 aliphatic rings. The number of para-hydroxylation sites is 1. The van der Waals surface area contributed by atoms with Crippen molar-refractivity contribution in [3.8, 4) is 0 Å². The predicted molar refractivity (Wildman–Crippen MR) is 87.3 cm³/mol. The van der Waals surface area contributed by atoms with E-state index in [1.165, 1.54) is 37.6 Å². The van der Waals surface area contributed by atoms with Crippen LogP contribution in [-0.2, 0) is 14.8 Å². The van der Waals surface area contributed by atoms with Gasteiger partial charge in [0.05, 0.1) is 23.1 Å². The third-order valence-corrected chi connectivity index (χ3v) is 5.39. The van der Waals surface area contributed by atoms with Crippen molar-refractivity contribution in [3.63, 3.8) is 0 Å². The maximum atomic E-state index is 12.9. The van der Waals surface area contributed by atoms with Gasteiger partial charge in [-0.2, -0.15) is 0 Å². The monoisotopic (exact) mass is 349 g/mol. The molecule has 0 bridgehead atoms. The van der Waals surface area contributed by atoms with Crippen LogP contribution in [0.15, 0.2) is 59.6 Å². The summed E-state index contributed by atoms with van der Waals surface area (Å²) < 4.78 is 31.5. The summed E-state index contributed by atoms with van der Waals surface area (Å²) in [4.78, 5) is 12.0. The first-order valence-electron chi connectivity index (χ1n) is 6.64. The average Bonchev–Trinajstić information content (AvgIpc) is 2.95. The zero-order valence-corrected chi connectivity index (χ0v) is 13.6. The molecule has 0 aliphatic carbocycles. The molecule has 1 aromatic heterocycles. The number of halogens is 1. The van der Waals surface area contributed by atoms with E-state index in [0.29, 0.717) is 15.9 Å². The number of ether oxygens (including phenoxy) is 1. The van der Waals surface area contributed by atoms with Gasteiger partial charge in [-0.15, -0.1) is 0 Å². The minimum absolute atomic E-state index is 0.0825. The van der Waals surface area contributed by atoms with Crippen molar-refractivity contribution >= 4 is 38.5 Å². The Labute approximate surface area is 138 Å². The lowest BCUT2D eigenvalue weighted by Crippen LogP contribution is -2.12. The minimum Gasteiger partial charge on any atom is -0.465 e. The summed E-state index contributed by atoms with van der Waals surface area (Å²) in [6, 6.07) is 12.6. The zero-order chi connectivity index (χ0) is 16.6. The molecule has 1 heterocycles. The van der Waals surface area contributed by atoms with Crippen LogP contribution >= 0.6 is 11.6 Å². The van der Waals surface area contributed by atoms with Crippen LogP contribution in [0.1, 0.15) is 10.4 Å². The molecular formula is C16H12ClNO4S. The van der Waals surface area contributed by atoms with Crippen molar-refractivity contribution in [2.24, 2.45) is 0 Å². The molecule has 0 spiro atoms. The van der Waals surface area contributed by atoms with Gasteiger partial charge in [-0.1, -0.05) is 29.8 Å². The van der Waals surface area contributed by atoms with Crippen LogP contribution in [0.2, 0.25) is 5.02 Å². The lowest BCUT2D eigenvalue weighted by Gasteiger charge is -2.07. The number of nitrogens with zero attached hydrogens (tertiary/aromatic N) is 1. The average molecular weight is 350 g/mol.